The Morgan fingerprint density at radius 2 is 0.414 bits per heavy atom. The molecule has 12 aromatic carbocycles. The summed E-state index contributed by atoms with van der Waals surface area (Å²) in [6.45, 7) is 0. The third-order valence-electron chi connectivity index (χ3n) is 21.0. The van der Waals surface area contributed by atoms with Gasteiger partial charge in [-0.2, -0.15) is 0 Å². The van der Waals surface area contributed by atoms with Crippen LogP contribution in [-0.2, 0) is 77.2 Å². The molecule has 0 saturated carbocycles. The average molecular weight is 2070 g/mol. The number of phenols is 2. The monoisotopic (exact) mass is 2060 g/mol. The van der Waals surface area contributed by atoms with Crippen LogP contribution < -0.4 is 19.9 Å². The molecule has 24 aromatic rings. The zero-order valence-electron chi connectivity index (χ0n) is 67.7. The van der Waals surface area contributed by atoms with Crippen LogP contribution in [0.25, 0.3) is 200 Å². The summed E-state index contributed by atoms with van der Waals surface area (Å²) in [5.74, 6) is 0.644. The fraction of sp³-hybridized carbons (Fsp3) is 0. The van der Waals surface area contributed by atoms with Crippen molar-refractivity contribution in [3.8, 4) is 102 Å². The van der Waals surface area contributed by atoms with E-state index in [0.29, 0.717) is 11.5 Å². The molecular formula is C108H72Cl2N12O2Pd4-2. The Balaban J connectivity index is 0.000000123. The second-order valence-corrected chi connectivity index (χ2v) is 28.8. The minimum absolute atomic E-state index is 0. The molecule has 0 amide bonds. The Morgan fingerprint density at radius 1 is 0.188 bits per heavy atom. The summed E-state index contributed by atoms with van der Waals surface area (Å²) in [6, 6.07) is 136. The van der Waals surface area contributed by atoms with Gasteiger partial charge in [0, 0.05) is 64.0 Å². The van der Waals surface area contributed by atoms with E-state index >= 15 is 0 Å². The Morgan fingerprint density at radius 3 is 0.695 bits per heavy atom. The van der Waals surface area contributed by atoms with Gasteiger partial charge in [-0.1, -0.05) is 291 Å². The zero-order chi connectivity index (χ0) is 85.9. The van der Waals surface area contributed by atoms with Crippen molar-refractivity contribution in [3.63, 3.8) is 0 Å². The molecule has 0 unspecified atom stereocenters. The third kappa shape index (κ3) is 20.3. The normalized spacial score (nSPS) is 10.6. The Hall–Kier alpha value is -13.6. The molecule has 14 nitrogen and oxygen atoms in total. The maximum absolute atomic E-state index is 8.63. The molecule has 0 fully saturated rings. The SMILES string of the molecule is Oc1ccccc1.Oc1ccccc1.[Cl][Pd+].[Cl][Pd+].[Pd].[Pd].c1cc(-c2ccc3ccccc3n2)nc(-c2cccc3c2[n-]c2ccccc23)c1.c1cc(-c2ccc3ccccc3n2)nc(-c2cccc3c2[n-]c2ccccc23)c1.c1ccc(-c2cccc(-c3cccc4c3[n-]c3ccccc34)n2)nc1.c1ccc(-c2cccc(-c3cccc4c3[n-]c3ccccc34)n2)nc1. The first-order valence-corrected chi connectivity index (χ1v) is 44.3. The molecule has 0 radical (unpaired) electrons. The molecule has 0 aliphatic carbocycles. The molecule has 128 heavy (non-hydrogen) atoms. The van der Waals surface area contributed by atoms with Crippen molar-refractivity contribution in [3.05, 3.63) is 425 Å². The van der Waals surface area contributed by atoms with Gasteiger partial charge in [0.15, 0.2) is 0 Å². The molecule has 0 aliphatic heterocycles. The van der Waals surface area contributed by atoms with E-state index in [4.69, 9.17) is 60.1 Å². The second kappa shape index (κ2) is 43.1. The summed E-state index contributed by atoms with van der Waals surface area (Å²) in [4.78, 5) is 57.4. The van der Waals surface area contributed by atoms with Crippen molar-refractivity contribution in [2.75, 3.05) is 0 Å². The number of benzene rings is 12. The number of pyridine rings is 8. The Bertz CT molecular complexity index is 7400. The van der Waals surface area contributed by atoms with E-state index in [-0.39, 0.29) is 40.8 Å². The van der Waals surface area contributed by atoms with Gasteiger partial charge in [-0.25, -0.2) is 29.9 Å². The Kier molecular flexibility index (Phi) is 30.0. The number of hydrogen-bond donors (Lipinski definition) is 2. The van der Waals surface area contributed by atoms with Gasteiger partial charge in [-0.05, 0) is 187 Å². The van der Waals surface area contributed by atoms with E-state index in [1.807, 2.05) is 194 Å². The molecule has 0 spiro atoms. The zero-order valence-corrected chi connectivity index (χ0v) is 75.4. The molecule has 24 rings (SSSR count). The molecule has 0 atom stereocenters. The molecular weight excluding hydrogens is 1990 g/mol. The number of aromatic nitrogens is 12. The molecule has 2 N–H and O–H groups in total. The number of nitrogens with zero attached hydrogens (tertiary/aromatic N) is 12. The van der Waals surface area contributed by atoms with Gasteiger partial charge in [-0.3, -0.25) is 9.97 Å². The van der Waals surface area contributed by atoms with Gasteiger partial charge >= 0.3 is 55.4 Å². The maximum Gasteiger partial charge on any atom is 0.0894 e. The molecule has 12 heterocycles. The smallest absolute Gasteiger partial charge is 0.0894 e. The first kappa shape index (κ1) is 89.2. The second-order valence-electron chi connectivity index (χ2n) is 28.8. The maximum atomic E-state index is 8.63. The van der Waals surface area contributed by atoms with E-state index in [1.54, 1.807) is 60.9 Å². The van der Waals surface area contributed by atoms with Gasteiger partial charge < -0.3 is 30.1 Å². The van der Waals surface area contributed by atoms with E-state index in [0.717, 1.165) is 178 Å². The number of para-hydroxylation sites is 12. The largest absolute Gasteiger partial charge is 0.656 e. The minimum Gasteiger partial charge on any atom is -0.656 e. The fourth-order valence-corrected chi connectivity index (χ4v) is 15.2. The number of aromatic hydroxyl groups is 2. The van der Waals surface area contributed by atoms with Gasteiger partial charge in [-0.15, -0.1) is 44.1 Å². The first-order valence-electron chi connectivity index (χ1n) is 40.3. The van der Waals surface area contributed by atoms with E-state index < -0.39 is 0 Å². The van der Waals surface area contributed by atoms with Gasteiger partial charge in [0.1, 0.15) is 11.5 Å². The number of halogens is 2. The predicted octanol–water partition coefficient (Wildman–Crippen LogP) is 26.8. The number of hydrogen-bond acceptors (Lipinski definition) is 10. The summed E-state index contributed by atoms with van der Waals surface area (Å²) in [5.41, 5.74) is 24.8. The van der Waals surface area contributed by atoms with Gasteiger partial charge in [0.05, 0.1) is 79.4 Å². The van der Waals surface area contributed by atoms with Crippen LogP contribution in [0.2, 0.25) is 0 Å². The van der Waals surface area contributed by atoms with Crippen molar-refractivity contribution in [2.45, 2.75) is 0 Å². The standard InChI is InChI=1S/2C26H16N3.2C22H14N3.2C6H6O.2ClH.4Pd/c2*1-3-11-21-17(7-1)15-16-25(27-21)24-14-6-13-23(28-24)20-10-5-9-19-18-8-2-4-12-22(18)29-26(19)20;2*1-2-10-18-15(7-1)16-8-5-9-17(22(16)25-18)19-12-6-13-21(24-19)20-11-3-4-14-23-20;2*7-6-4-2-1-3-5-6;;;;;;/h2*1-16H;2*1-14H;2*1-5,7H;2*1H;;;;/q4*-1;;;;;;;2*+2/p-2. The summed E-state index contributed by atoms with van der Waals surface area (Å²) < 4.78 is 0. The summed E-state index contributed by atoms with van der Waals surface area (Å²) in [5, 5.41) is 28.9. The molecule has 12 aromatic heterocycles. The van der Waals surface area contributed by atoms with Crippen LogP contribution in [0.1, 0.15) is 0 Å². The van der Waals surface area contributed by atoms with Gasteiger partial charge in [0.2, 0.25) is 0 Å². The van der Waals surface area contributed by atoms with E-state index in [9.17, 15) is 0 Å². The van der Waals surface area contributed by atoms with Crippen LogP contribution in [0.3, 0.4) is 0 Å². The topological polar surface area (TPSA) is 200 Å². The molecule has 0 saturated heterocycles. The first-order chi connectivity index (χ1) is 62.3. The molecule has 632 valence electrons. The predicted molar refractivity (Wildman–Crippen MR) is 508 cm³/mol. The summed E-state index contributed by atoms with van der Waals surface area (Å²) in [7, 11) is 8.98. The summed E-state index contributed by atoms with van der Waals surface area (Å²) >= 11 is 4.44. The van der Waals surface area contributed by atoms with Crippen LogP contribution in [0.5, 0.6) is 11.5 Å². The van der Waals surface area contributed by atoms with Crippen LogP contribution in [0.4, 0.5) is 0 Å². The van der Waals surface area contributed by atoms with Crippen molar-refractivity contribution >= 4 is 128 Å². The van der Waals surface area contributed by atoms with Crippen molar-refractivity contribution in [2.24, 2.45) is 0 Å². The minimum atomic E-state index is 0. The fourth-order valence-electron chi connectivity index (χ4n) is 15.2. The third-order valence-corrected chi connectivity index (χ3v) is 21.0. The Labute approximate surface area is 794 Å². The van der Waals surface area contributed by atoms with Crippen molar-refractivity contribution in [1.82, 2.24) is 59.8 Å². The van der Waals surface area contributed by atoms with Crippen molar-refractivity contribution < 1.29 is 87.4 Å². The van der Waals surface area contributed by atoms with Crippen LogP contribution in [0.15, 0.2) is 425 Å². The summed E-state index contributed by atoms with van der Waals surface area (Å²) in [6.07, 6.45) is 3.58. The number of rotatable bonds is 8. The molecule has 0 aliphatic rings. The van der Waals surface area contributed by atoms with Crippen LogP contribution in [0, 0.1) is 0 Å². The van der Waals surface area contributed by atoms with Gasteiger partial charge in [0.25, 0.3) is 0 Å². The average Bonchev–Trinajstić information content (AvgIpc) is 1.63. The quantitative estimate of drug-likeness (QED) is 0.136. The van der Waals surface area contributed by atoms with Crippen LogP contribution in [-0.4, -0.2) is 50.1 Å². The van der Waals surface area contributed by atoms with Crippen LogP contribution >= 0.6 is 19.1 Å². The molecule has 0 bridgehead atoms. The molecule has 20 heteroatoms. The van der Waals surface area contributed by atoms with Crippen molar-refractivity contribution in [1.29, 1.82) is 0 Å². The number of phenolic OH excluding ortho intramolecular Hbond substituents is 2. The van der Waals surface area contributed by atoms with E-state index in [1.165, 1.54) is 21.5 Å². The van der Waals surface area contributed by atoms with E-state index in [2.05, 4.69) is 235 Å². The number of fused-ring (bicyclic) bond motifs is 14.